The average Bonchev–Trinajstić information content (AvgIpc) is 2.85. The van der Waals surface area contributed by atoms with Gasteiger partial charge in [-0.25, -0.2) is 9.78 Å². The van der Waals surface area contributed by atoms with Gasteiger partial charge < -0.3 is 14.6 Å². The number of imidazole rings is 1. The van der Waals surface area contributed by atoms with Gasteiger partial charge in [0.1, 0.15) is 11.4 Å². The number of hydrogen-bond acceptors (Lipinski definition) is 4. The molecule has 1 N–H and O–H groups in total. The van der Waals surface area contributed by atoms with Gasteiger partial charge in [-0.1, -0.05) is 19.1 Å². The first-order chi connectivity index (χ1) is 10.1. The van der Waals surface area contributed by atoms with Crippen LogP contribution in [0.2, 0.25) is 0 Å². The van der Waals surface area contributed by atoms with E-state index in [1.165, 1.54) is 0 Å². The number of likely N-dealkylation sites (N-methyl/N-ethyl adjacent to an activating group) is 1. The number of nitrogens with zero attached hydrogens (tertiary/aromatic N) is 2. The fraction of sp³-hybridized carbons (Fsp3) is 0.500. The second-order valence-electron chi connectivity index (χ2n) is 5.26. The number of benzene rings is 1. The number of rotatable bonds is 6. The number of carbonyl (C=O) groups is 1. The highest BCUT2D eigenvalue weighted by atomic mass is 16.5. The zero-order valence-corrected chi connectivity index (χ0v) is 13.1. The third-order valence-corrected chi connectivity index (χ3v) is 3.80. The number of ether oxygens (including phenoxy) is 1. The Balaban J connectivity index is 2.43. The molecule has 5 heteroatoms. The van der Waals surface area contributed by atoms with Crippen molar-refractivity contribution >= 4 is 17.0 Å². The minimum Gasteiger partial charge on any atom is -0.465 e. The first kappa shape index (κ1) is 15.5. The number of carbonyl (C=O) groups excluding carboxylic acids is 1. The molecule has 0 saturated heterocycles. The van der Waals surface area contributed by atoms with Crippen LogP contribution in [0, 0.1) is 0 Å². The number of fused-ring (bicyclic) bond motifs is 1. The van der Waals surface area contributed by atoms with Gasteiger partial charge in [0.2, 0.25) is 0 Å². The van der Waals surface area contributed by atoms with Crippen molar-refractivity contribution in [1.82, 2.24) is 14.9 Å². The molecule has 0 saturated carbocycles. The monoisotopic (exact) mass is 289 g/mol. The number of nitrogens with one attached hydrogen (secondary N) is 1. The van der Waals surface area contributed by atoms with Gasteiger partial charge in [-0.3, -0.25) is 0 Å². The number of esters is 1. The Morgan fingerprint density at radius 1 is 1.38 bits per heavy atom. The quantitative estimate of drug-likeness (QED) is 0.828. The summed E-state index contributed by atoms with van der Waals surface area (Å²) < 4.78 is 7.30. The van der Waals surface area contributed by atoms with E-state index in [0.717, 1.165) is 23.3 Å². The van der Waals surface area contributed by atoms with Crippen molar-refractivity contribution in [3.63, 3.8) is 0 Å². The van der Waals surface area contributed by atoms with E-state index in [-0.39, 0.29) is 5.97 Å². The molecule has 0 aliphatic rings. The topological polar surface area (TPSA) is 56.2 Å². The van der Waals surface area contributed by atoms with E-state index in [0.29, 0.717) is 13.2 Å². The normalized spacial score (nSPS) is 14.1. The standard InChI is InChI=1S/C16H23N3O2/c1-5-14-18-12-9-7-8-10-13(12)19(14)11-16(3,17-4)15(20)21-6-2/h7-10,17H,5-6,11H2,1-4H3. The predicted octanol–water partition coefficient (Wildman–Crippen LogP) is 2.14. The third kappa shape index (κ3) is 2.93. The maximum atomic E-state index is 12.2. The van der Waals surface area contributed by atoms with E-state index in [9.17, 15) is 4.79 Å². The van der Waals surface area contributed by atoms with Crippen LogP contribution in [0.4, 0.5) is 0 Å². The Morgan fingerprint density at radius 3 is 2.71 bits per heavy atom. The van der Waals surface area contributed by atoms with Crippen LogP contribution in [0.15, 0.2) is 24.3 Å². The second-order valence-corrected chi connectivity index (χ2v) is 5.26. The van der Waals surface area contributed by atoms with Crippen molar-refractivity contribution in [3.8, 4) is 0 Å². The van der Waals surface area contributed by atoms with E-state index < -0.39 is 5.54 Å². The highest BCUT2D eigenvalue weighted by Gasteiger charge is 2.34. The van der Waals surface area contributed by atoms with Crippen LogP contribution in [0.3, 0.4) is 0 Å². The van der Waals surface area contributed by atoms with Crippen LogP contribution in [-0.4, -0.2) is 34.7 Å². The summed E-state index contributed by atoms with van der Waals surface area (Å²) >= 11 is 0. The van der Waals surface area contributed by atoms with Crippen LogP contribution in [0.25, 0.3) is 11.0 Å². The van der Waals surface area contributed by atoms with Gasteiger partial charge in [0.05, 0.1) is 24.2 Å². The Kier molecular flexibility index (Phi) is 4.63. The number of para-hydroxylation sites is 2. The number of aryl methyl sites for hydroxylation is 1. The lowest BCUT2D eigenvalue weighted by atomic mass is 10.0. The highest BCUT2D eigenvalue weighted by molar-refractivity contribution is 5.81. The van der Waals surface area contributed by atoms with E-state index in [2.05, 4.69) is 21.8 Å². The maximum absolute atomic E-state index is 12.2. The van der Waals surface area contributed by atoms with Crippen LogP contribution in [0.1, 0.15) is 26.6 Å². The van der Waals surface area contributed by atoms with Gasteiger partial charge in [0.15, 0.2) is 0 Å². The van der Waals surface area contributed by atoms with Gasteiger partial charge in [-0.2, -0.15) is 0 Å². The van der Waals surface area contributed by atoms with Crippen molar-refractivity contribution in [2.75, 3.05) is 13.7 Å². The summed E-state index contributed by atoms with van der Waals surface area (Å²) in [5.74, 6) is 0.731. The molecule has 21 heavy (non-hydrogen) atoms. The lowest BCUT2D eigenvalue weighted by Crippen LogP contribution is -2.52. The fourth-order valence-electron chi connectivity index (χ4n) is 2.42. The van der Waals surface area contributed by atoms with Crippen molar-refractivity contribution < 1.29 is 9.53 Å². The number of hydrogen-bond donors (Lipinski definition) is 1. The summed E-state index contributed by atoms with van der Waals surface area (Å²) in [5, 5.41) is 3.09. The van der Waals surface area contributed by atoms with Crippen molar-refractivity contribution in [1.29, 1.82) is 0 Å². The van der Waals surface area contributed by atoms with E-state index in [1.807, 2.05) is 38.1 Å². The Morgan fingerprint density at radius 2 is 2.10 bits per heavy atom. The van der Waals surface area contributed by atoms with Crippen molar-refractivity contribution in [2.24, 2.45) is 0 Å². The van der Waals surface area contributed by atoms with Gasteiger partial charge in [-0.15, -0.1) is 0 Å². The van der Waals surface area contributed by atoms with Gasteiger partial charge >= 0.3 is 5.97 Å². The molecule has 114 valence electrons. The molecule has 0 spiro atoms. The lowest BCUT2D eigenvalue weighted by molar-refractivity contribution is -0.150. The minimum absolute atomic E-state index is 0.243. The molecule has 1 unspecified atom stereocenters. The Labute approximate surface area is 125 Å². The molecular formula is C16H23N3O2. The summed E-state index contributed by atoms with van der Waals surface area (Å²) in [6.45, 7) is 6.61. The van der Waals surface area contributed by atoms with Crippen LogP contribution >= 0.6 is 0 Å². The first-order valence-electron chi connectivity index (χ1n) is 7.36. The zero-order chi connectivity index (χ0) is 15.5. The molecule has 0 aliphatic heterocycles. The molecule has 0 fully saturated rings. The van der Waals surface area contributed by atoms with E-state index >= 15 is 0 Å². The summed E-state index contributed by atoms with van der Waals surface area (Å²) in [6, 6.07) is 7.98. The summed E-state index contributed by atoms with van der Waals surface area (Å²) in [6.07, 6.45) is 0.817. The van der Waals surface area contributed by atoms with Gasteiger partial charge in [-0.05, 0) is 33.0 Å². The molecule has 1 aromatic heterocycles. The summed E-state index contributed by atoms with van der Waals surface area (Å²) in [7, 11) is 1.78. The largest absolute Gasteiger partial charge is 0.465 e. The molecule has 0 radical (unpaired) electrons. The first-order valence-corrected chi connectivity index (χ1v) is 7.36. The van der Waals surface area contributed by atoms with E-state index in [4.69, 9.17) is 4.74 Å². The van der Waals surface area contributed by atoms with Gasteiger partial charge in [0, 0.05) is 6.42 Å². The SMILES string of the molecule is CCOC(=O)C(C)(Cn1c(CC)nc2ccccc21)NC. The zero-order valence-electron chi connectivity index (χ0n) is 13.1. The van der Waals surface area contributed by atoms with Crippen LogP contribution in [0.5, 0.6) is 0 Å². The summed E-state index contributed by atoms with van der Waals surface area (Å²) in [4.78, 5) is 16.9. The molecule has 0 aliphatic carbocycles. The smallest absolute Gasteiger partial charge is 0.327 e. The lowest BCUT2D eigenvalue weighted by Gasteiger charge is -2.28. The average molecular weight is 289 g/mol. The van der Waals surface area contributed by atoms with Crippen LogP contribution < -0.4 is 5.32 Å². The van der Waals surface area contributed by atoms with Crippen molar-refractivity contribution in [2.45, 2.75) is 39.3 Å². The number of aromatic nitrogens is 2. The van der Waals surface area contributed by atoms with E-state index in [1.54, 1.807) is 7.05 Å². The van der Waals surface area contributed by atoms with Gasteiger partial charge in [0.25, 0.3) is 0 Å². The molecular weight excluding hydrogens is 266 g/mol. The molecule has 2 rings (SSSR count). The second kappa shape index (κ2) is 6.26. The van der Waals surface area contributed by atoms with Crippen LogP contribution in [-0.2, 0) is 22.5 Å². The predicted molar refractivity (Wildman–Crippen MR) is 83.2 cm³/mol. The molecule has 5 nitrogen and oxygen atoms in total. The maximum Gasteiger partial charge on any atom is 0.327 e. The molecule has 0 amide bonds. The Hall–Kier alpha value is -1.88. The minimum atomic E-state index is -0.774. The summed E-state index contributed by atoms with van der Waals surface area (Å²) in [5.41, 5.74) is 1.22. The molecule has 1 aromatic carbocycles. The highest BCUT2D eigenvalue weighted by Crippen LogP contribution is 2.20. The molecule has 1 atom stereocenters. The third-order valence-electron chi connectivity index (χ3n) is 3.80. The fourth-order valence-corrected chi connectivity index (χ4v) is 2.42. The molecule has 0 bridgehead atoms. The molecule has 2 aromatic rings. The Bertz CT molecular complexity index is 635. The van der Waals surface area contributed by atoms with Crippen molar-refractivity contribution in [3.05, 3.63) is 30.1 Å². The molecule has 1 heterocycles.